The molecule has 0 aliphatic carbocycles. The smallest absolute Gasteiger partial charge is 0.288 e. The molecule has 0 aliphatic heterocycles. The van der Waals surface area contributed by atoms with E-state index in [4.69, 9.17) is 17.3 Å². The van der Waals surface area contributed by atoms with Crippen molar-refractivity contribution in [2.24, 2.45) is 5.73 Å². The molecule has 0 fully saturated rings. The average molecular weight is 245 g/mol. The standard InChI is InChI=1S/C10H13ClN2O3/c1-2-9(14)10(12)6-3-4-7(11)8(5-6)13(15)16/h3-5,9-10,14H,2,12H2,1H3/t9-,10+/m0/s1. The van der Waals surface area contributed by atoms with Crippen molar-refractivity contribution in [3.8, 4) is 0 Å². The molecule has 1 aromatic rings. The number of aliphatic hydroxyl groups is 1. The lowest BCUT2D eigenvalue weighted by atomic mass is 10.0. The summed E-state index contributed by atoms with van der Waals surface area (Å²) in [6.45, 7) is 1.79. The topological polar surface area (TPSA) is 89.4 Å². The van der Waals surface area contributed by atoms with Gasteiger partial charge in [-0.25, -0.2) is 0 Å². The van der Waals surface area contributed by atoms with Crippen LogP contribution in [0.15, 0.2) is 18.2 Å². The largest absolute Gasteiger partial charge is 0.391 e. The fourth-order valence-electron chi connectivity index (χ4n) is 1.35. The number of nitro benzene ring substituents is 1. The van der Waals surface area contributed by atoms with Gasteiger partial charge in [0.2, 0.25) is 0 Å². The molecule has 0 aromatic heterocycles. The maximum absolute atomic E-state index is 10.7. The first-order valence-electron chi connectivity index (χ1n) is 4.84. The molecular weight excluding hydrogens is 232 g/mol. The van der Waals surface area contributed by atoms with Crippen molar-refractivity contribution < 1.29 is 10.0 Å². The number of rotatable bonds is 4. The van der Waals surface area contributed by atoms with Crippen molar-refractivity contribution in [3.63, 3.8) is 0 Å². The molecule has 0 saturated carbocycles. The highest BCUT2D eigenvalue weighted by Gasteiger charge is 2.19. The van der Waals surface area contributed by atoms with Crippen LogP contribution in [-0.4, -0.2) is 16.1 Å². The molecule has 88 valence electrons. The second-order valence-corrected chi connectivity index (χ2v) is 3.88. The highest BCUT2D eigenvalue weighted by Crippen LogP contribution is 2.28. The van der Waals surface area contributed by atoms with E-state index in [9.17, 15) is 15.2 Å². The van der Waals surface area contributed by atoms with Crippen molar-refractivity contribution >= 4 is 17.3 Å². The van der Waals surface area contributed by atoms with E-state index in [0.29, 0.717) is 12.0 Å². The van der Waals surface area contributed by atoms with Gasteiger partial charge in [0.25, 0.3) is 5.69 Å². The summed E-state index contributed by atoms with van der Waals surface area (Å²) in [7, 11) is 0. The number of nitrogens with two attached hydrogens (primary N) is 1. The van der Waals surface area contributed by atoms with Crippen LogP contribution in [0.25, 0.3) is 0 Å². The number of hydrogen-bond acceptors (Lipinski definition) is 4. The highest BCUT2D eigenvalue weighted by molar-refractivity contribution is 6.32. The van der Waals surface area contributed by atoms with Gasteiger partial charge in [-0.2, -0.15) is 0 Å². The number of halogens is 1. The molecule has 6 heteroatoms. The fraction of sp³-hybridized carbons (Fsp3) is 0.400. The minimum absolute atomic E-state index is 0.0620. The molecule has 16 heavy (non-hydrogen) atoms. The zero-order valence-corrected chi connectivity index (χ0v) is 9.52. The van der Waals surface area contributed by atoms with E-state index in [1.54, 1.807) is 13.0 Å². The Kier molecular flexibility index (Phi) is 4.23. The average Bonchev–Trinajstić information content (AvgIpc) is 2.27. The molecule has 0 spiro atoms. The van der Waals surface area contributed by atoms with E-state index in [0.717, 1.165) is 0 Å². The van der Waals surface area contributed by atoms with Crippen LogP contribution in [0, 0.1) is 10.1 Å². The Bertz CT molecular complexity index is 398. The quantitative estimate of drug-likeness (QED) is 0.626. The van der Waals surface area contributed by atoms with Crippen molar-refractivity contribution in [2.45, 2.75) is 25.5 Å². The van der Waals surface area contributed by atoms with Crippen molar-refractivity contribution in [1.29, 1.82) is 0 Å². The van der Waals surface area contributed by atoms with Gasteiger partial charge < -0.3 is 10.8 Å². The summed E-state index contributed by atoms with van der Waals surface area (Å²) in [5, 5.41) is 20.3. The number of nitrogens with zero attached hydrogens (tertiary/aromatic N) is 1. The molecule has 5 nitrogen and oxygen atoms in total. The second-order valence-electron chi connectivity index (χ2n) is 3.47. The molecule has 0 unspecified atom stereocenters. The lowest BCUT2D eigenvalue weighted by molar-refractivity contribution is -0.384. The second kappa shape index (κ2) is 5.25. The Morgan fingerprint density at radius 3 is 2.75 bits per heavy atom. The van der Waals surface area contributed by atoms with Gasteiger partial charge in [-0.1, -0.05) is 24.6 Å². The normalized spacial score (nSPS) is 14.5. The number of nitro groups is 1. The van der Waals surface area contributed by atoms with Crippen LogP contribution < -0.4 is 5.73 Å². The molecule has 1 rings (SSSR count). The Morgan fingerprint density at radius 1 is 1.62 bits per heavy atom. The van der Waals surface area contributed by atoms with Crippen molar-refractivity contribution in [1.82, 2.24) is 0 Å². The van der Waals surface area contributed by atoms with Crippen LogP contribution in [0.5, 0.6) is 0 Å². The highest BCUT2D eigenvalue weighted by atomic mass is 35.5. The van der Waals surface area contributed by atoms with Crippen molar-refractivity contribution in [3.05, 3.63) is 38.9 Å². The first-order chi connectivity index (χ1) is 7.47. The molecule has 0 heterocycles. The van der Waals surface area contributed by atoms with E-state index in [1.165, 1.54) is 12.1 Å². The third-order valence-corrected chi connectivity index (χ3v) is 2.70. The molecule has 1 aromatic carbocycles. The summed E-state index contributed by atoms with van der Waals surface area (Å²) in [6, 6.07) is 3.66. The van der Waals surface area contributed by atoms with Gasteiger partial charge in [0, 0.05) is 6.07 Å². The lowest BCUT2D eigenvalue weighted by Gasteiger charge is -2.17. The minimum atomic E-state index is -0.722. The lowest BCUT2D eigenvalue weighted by Crippen LogP contribution is -2.25. The van der Waals surface area contributed by atoms with E-state index < -0.39 is 17.1 Å². The van der Waals surface area contributed by atoms with Gasteiger partial charge in [-0.15, -0.1) is 0 Å². The molecule has 0 aliphatic rings. The predicted octanol–water partition coefficient (Wildman–Crippen LogP) is 2.02. The summed E-state index contributed by atoms with van der Waals surface area (Å²) in [5.41, 5.74) is 6.06. The summed E-state index contributed by atoms with van der Waals surface area (Å²) in [6.07, 6.45) is -0.238. The summed E-state index contributed by atoms with van der Waals surface area (Å²) >= 11 is 5.66. The van der Waals surface area contributed by atoms with E-state index in [1.807, 2.05) is 0 Å². The van der Waals surface area contributed by atoms with Crippen LogP contribution >= 0.6 is 11.6 Å². The maximum Gasteiger partial charge on any atom is 0.288 e. The van der Waals surface area contributed by atoms with Gasteiger partial charge >= 0.3 is 0 Å². The molecule has 0 saturated heterocycles. The fourth-order valence-corrected chi connectivity index (χ4v) is 1.54. The molecule has 2 atom stereocenters. The third-order valence-electron chi connectivity index (χ3n) is 2.38. The molecular formula is C10H13ClN2O3. The monoisotopic (exact) mass is 244 g/mol. The predicted molar refractivity (Wildman–Crippen MR) is 61.3 cm³/mol. The summed E-state index contributed by atoms with van der Waals surface area (Å²) < 4.78 is 0. The van der Waals surface area contributed by atoms with Gasteiger partial charge in [-0.05, 0) is 18.1 Å². The van der Waals surface area contributed by atoms with Crippen LogP contribution in [0.2, 0.25) is 5.02 Å². The zero-order valence-electron chi connectivity index (χ0n) is 8.76. The Labute approximate surface area is 98.0 Å². The van der Waals surface area contributed by atoms with Gasteiger partial charge in [0.15, 0.2) is 0 Å². The third kappa shape index (κ3) is 2.69. The Hall–Kier alpha value is -1.17. The zero-order chi connectivity index (χ0) is 12.3. The minimum Gasteiger partial charge on any atom is -0.391 e. The molecule has 0 bridgehead atoms. The molecule has 0 radical (unpaired) electrons. The summed E-state index contributed by atoms with van der Waals surface area (Å²) in [5.74, 6) is 0. The first-order valence-corrected chi connectivity index (χ1v) is 5.22. The van der Waals surface area contributed by atoms with E-state index in [2.05, 4.69) is 0 Å². The van der Waals surface area contributed by atoms with Crippen LogP contribution in [0.3, 0.4) is 0 Å². The van der Waals surface area contributed by atoms with Gasteiger partial charge in [0.1, 0.15) is 5.02 Å². The SMILES string of the molecule is CC[C@H](O)[C@H](N)c1ccc(Cl)c([N+](=O)[O-])c1. The molecule has 0 amide bonds. The number of aliphatic hydroxyl groups excluding tert-OH is 1. The van der Waals surface area contributed by atoms with Crippen LogP contribution in [0.1, 0.15) is 24.9 Å². The van der Waals surface area contributed by atoms with E-state index in [-0.39, 0.29) is 10.7 Å². The molecule has 3 N–H and O–H groups in total. The maximum atomic E-state index is 10.7. The van der Waals surface area contributed by atoms with Gasteiger partial charge in [0.05, 0.1) is 17.1 Å². The van der Waals surface area contributed by atoms with Crippen molar-refractivity contribution in [2.75, 3.05) is 0 Å². The summed E-state index contributed by atoms with van der Waals surface area (Å²) in [4.78, 5) is 10.1. The van der Waals surface area contributed by atoms with Crippen LogP contribution in [0.4, 0.5) is 5.69 Å². The van der Waals surface area contributed by atoms with Crippen LogP contribution in [-0.2, 0) is 0 Å². The van der Waals surface area contributed by atoms with Gasteiger partial charge in [-0.3, -0.25) is 10.1 Å². The Morgan fingerprint density at radius 2 is 2.25 bits per heavy atom. The number of benzene rings is 1. The first kappa shape index (κ1) is 12.9. The van der Waals surface area contributed by atoms with E-state index >= 15 is 0 Å². The number of hydrogen-bond donors (Lipinski definition) is 2. The Balaban J connectivity index is 3.07.